The quantitative estimate of drug-likeness (QED) is 0.854. The van der Waals surface area contributed by atoms with E-state index in [1.165, 1.54) is 0 Å². The van der Waals surface area contributed by atoms with Crippen LogP contribution in [0.25, 0.3) is 0 Å². The van der Waals surface area contributed by atoms with Crippen LogP contribution in [0.5, 0.6) is 0 Å². The highest BCUT2D eigenvalue weighted by Crippen LogP contribution is 2.15. The van der Waals surface area contributed by atoms with E-state index in [1.54, 1.807) is 10.9 Å². The fourth-order valence-corrected chi connectivity index (χ4v) is 1.91. The van der Waals surface area contributed by atoms with Gasteiger partial charge < -0.3 is 5.73 Å². The van der Waals surface area contributed by atoms with Crippen LogP contribution in [-0.4, -0.2) is 21.0 Å². The van der Waals surface area contributed by atoms with Crippen molar-refractivity contribution in [2.75, 3.05) is 0 Å². The topological polar surface area (TPSA) is 56.7 Å². The third-order valence-corrected chi connectivity index (χ3v) is 2.95. The first kappa shape index (κ1) is 14.5. The van der Waals surface area contributed by atoms with E-state index in [-0.39, 0.29) is 18.0 Å². The van der Waals surface area contributed by atoms with Crippen LogP contribution >= 0.6 is 0 Å². The molecule has 0 amide bonds. The molecule has 1 aromatic heterocycles. The molecule has 0 spiro atoms. The monoisotopic (exact) mass is 284 g/mol. The van der Waals surface area contributed by atoms with Crippen molar-refractivity contribution in [3.63, 3.8) is 0 Å². The van der Waals surface area contributed by atoms with E-state index in [2.05, 4.69) is 10.3 Å². The molecule has 0 aliphatic carbocycles. The highest BCUT2D eigenvalue weighted by atomic mass is 19.2. The molecule has 0 saturated carbocycles. The summed E-state index contributed by atoms with van der Waals surface area (Å²) in [5.74, 6) is -3.05. The Balaban J connectivity index is 1.94. The summed E-state index contributed by atoms with van der Waals surface area (Å²) in [7, 11) is 0. The SMILES string of the molecule is Cc1cn(CCC(N)Cc2cc(F)c(F)cc2F)nn1. The highest BCUT2D eigenvalue weighted by Gasteiger charge is 2.13. The minimum Gasteiger partial charge on any atom is -0.327 e. The maximum Gasteiger partial charge on any atom is 0.161 e. The summed E-state index contributed by atoms with van der Waals surface area (Å²) in [6, 6.07) is 1.02. The molecule has 0 saturated heterocycles. The minimum atomic E-state index is -1.20. The van der Waals surface area contributed by atoms with Crippen molar-refractivity contribution in [3.05, 3.63) is 47.0 Å². The summed E-state index contributed by atoms with van der Waals surface area (Å²) >= 11 is 0. The number of rotatable bonds is 5. The normalized spacial score (nSPS) is 12.7. The van der Waals surface area contributed by atoms with Gasteiger partial charge in [-0.05, 0) is 31.4 Å². The van der Waals surface area contributed by atoms with Gasteiger partial charge in [-0.15, -0.1) is 5.10 Å². The molecule has 0 aliphatic rings. The van der Waals surface area contributed by atoms with E-state index in [0.29, 0.717) is 19.0 Å². The number of hydrogen-bond acceptors (Lipinski definition) is 3. The van der Waals surface area contributed by atoms with Crippen LogP contribution in [0.4, 0.5) is 13.2 Å². The van der Waals surface area contributed by atoms with Gasteiger partial charge >= 0.3 is 0 Å². The van der Waals surface area contributed by atoms with Crippen molar-refractivity contribution >= 4 is 0 Å². The van der Waals surface area contributed by atoms with Gasteiger partial charge in [0.15, 0.2) is 11.6 Å². The fourth-order valence-electron chi connectivity index (χ4n) is 1.91. The van der Waals surface area contributed by atoms with E-state index in [0.717, 1.165) is 11.8 Å². The Morgan fingerprint density at radius 2 is 1.90 bits per heavy atom. The number of nitrogens with two attached hydrogens (primary N) is 1. The van der Waals surface area contributed by atoms with Crippen LogP contribution < -0.4 is 5.73 Å². The van der Waals surface area contributed by atoms with Gasteiger partial charge in [0.25, 0.3) is 0 Å². The van der Waals surface area contributed by atoms with Crippen LogP contribution in [-0.2, 0) is 13.0 Å². The molecule has 0 aliphatic heterocycles. The molecule has 108 valence electrons. The van der Waals surface area contributed by atoms with Crippen LogP contribution in [0.15, 0.2) is 18.3 Å². The van der Waals surface area contributed by atoms with Gasteiger partial charge in [0, 0.05) is 24.8 Å². The summed E-state index contributed by atoms with van der Waals surface area (Å²) in [5, 5.41) is 7.70. The zero-order valence-corrected chi connectivity index (χ0v) is 11.0. The zero-order chi connectivity index (χ0) is 14.7. The first-order valence-corrected chi connectivity index (χ1v) is 6.21. The standard InChI is InChI=1S/C13H15F3N4/c1-8-7-20(19-18-8)3-2-10(17)4-9-5-12(15)13(16)6-11(9)14/h5-7,10H,2-4,17H2,1H3. The molecule has 1 aromatic carbocycles. The molecule has 20 heavy (non-hydrogen) atoms. The number of halogens is 3. The van der Waals surface area contributed by atoms with Gasteiger partial charge in [0.05, 0.1) is 5.69 Å². The Morgan fingerprint density at radius 3 is 2.55 bits per heavy atom. The van der Waals surface area contributed by atoms with Gasteiger partial charge in [-0.25, -0.2) is 13.2 Å². The Bertz CT molecular complexity index is 597. The second kappa shape index (κ2) is 6.04. The molecule has 0 fully saturated rings. The minimum absolute atomic E-state index is 0.0752. The molecular formula is C13H15F3N4. The molecule has 2 rings (SSSR count). The van der Waals surface area contributed by atoms with E-state index in [1.807, 2.05) is 6.92 Å². The third kappa shape index (κ3) is 3.57. The Labute approximate surface area is 114 Å². The molecule has 0 radical (unpaired) electrons. The van der Waals surface area contributed by atoms with Crippen LogP contribution in [0, 0.1) is 24.4 Å². The molecular weight excluding hydrogens is 269 g/mol. The third-order valence-electron chi connectivity index (χ3n) is 2.95. The predicted octanol–water partition coefficient (Wildman–Crippen LogP) is 1.96. The van der Waals surface area contributed by atoms with E-state index in [9.17, 15) is 13.2 Å². The van der Waals surface area contributed by atoms with Crippen molar-refractivity contribution in [2.45, 2.75) is 32.4 Å². The van der Waals surface area contributed by atoms with Gasteiger partial charge in [-0.3, -0.25) is 4.68 Å². The number of aryl methyl sites for hydroxylation is 2. The molecule has 1 atom stereocenters. The number of benzene rings is 1. The second-order valence-electron chi connectivity index (χ2n) is 4.73. The lowest BCUT2D eigenvalue weighted by Gasteiger charge is -2.12. The van der Waals surface area contributed by atoms with E-state index < -0.39 is 17.5 Å². The molecule has 0 bridgehead atoms. The predicted molar refractivity (Wildman–Crippen MR) is 67.4 cm³/mol. The highest BCUT2D eigenvalue weighted by molar-refractivity contribution is 5.21. The van der Waals surface area contributed by atoms with Crippen LogP contribution in [0.2, 0.25) is 0 Å². The van der Waals surface area contributed by atoms with E-state index in [4.69, 9.17) is 5.73 Å². The van der Waals surface area contributed by atoms with Gasteiger partial charge in [0.1, 0.15) is 5.82 Å². The number of hydrogen-bond donors (Lipinski definition) is 1. The van der Waals surface area contributed by atoms with E-state index >= 15 is 0 Å². The number of nitrogens with zero attached hydrogens (tertiary/aromatic N) is 3. The zero-order valence-electron chi connectivity index (χ0n) is 11.0. The molecule has 7 heteroatoms. The lowest BCUT2D eigenvalue weighted by molar-refractivity contribution is 0.473. The van der Waals surface area contributed by atoms with Crippen LogP contribution in [0.3, 0.4) is 0 Å². The average Bonchev–Trinajstić information content (AvgIpc) is 2.79. The molecule has 2 aromatic rings. The average molecular weight is 284 g/mol. The van der Waals surface area contributed by atoms with Crippen molar-refractivity contribution in [2.24, 2.45) is 5.73 Å². The summed E-state index contributed by atoms with van der Waals surface area (Å²) in [6.07, 6.45) is 2.43. The maximum absolute atomic E-state index is 13.5. The number of aromatic nitrogens is 3. The maximum atomic E-state index is 13.5. The van der Waals surface area contributed by atoms with Gasteiger partial charge in [0.2, 0.25) is 0 Å². The summed E-state index contributed by atoms with van der Waals surface area (Å²) in [4.78, 5) is 0. The van der Waals surface area contributed by atoms with Crippen molar-refractivity contribution in [1.29, 1.82) is 0 Å². The molecule has 1 heterocycles. The Hall–Kier alpha value is -1.89. The summed E-state index contributed by atoms with van der Waals surface area (Å²) in [5.41, 5.74) is 6.74. The van der Waals surface area contributed by atoms with Crippen molar-refractivity contribution in [1.82, 2.24) is 15.0 Å². The fraction of sp³-hybridized carbons (Fsp3) is 0.385. The first-order chi connectivity index (χ1) is 9.45. The Morgan fingerprint density at radius 1 is 1.20 bits per heavy atom. The molecule has 2 N–H and O–H groups in total. The summed E-state index contributed by atoms with van der Waals surface area (Å²) in [6.45, 7) is 2.35. The smallest absolute Gasteiger partial charge is 0.161 e. The van der Waals surface area contributed by atoms with Crippen LogP contribution in [0.1, 0.15) is 17.7 Å². The largest absolute Gasteiger partial charge is 0.327 e. The molecule has 4 nitrogen and oxygen atoms in total. The molecule has 1 unspecified atom stereocenters. The lowest BCUT2D eigenvalue weighted by Crippen LogP contribution is -2.25. The lowest BCUT2D eigenvalue weighted by atomic mass is 10.0. The summed E-state index contributed by atoms with van der Waals surface area (Å²) < 4.78 is 41.0. The van der Waals surface area contributed by atoms with Gasteiger partial charge in [-0.1, -0.05) is 5.21 Å². The van der Waals surface area contributed by atoms with Crippen molar-refractivity contribution < 1.29 is 13.2 Å². The Kier molecular flexibility index (Phi) is 4.39. The van der Waals surface area contributed by atoms with Crippen molar-refractivity contribution in [3.8, 4) is 0 Å². The second-order valence-corrected chi connectivity index (χ2v) is 4.73. The first-order valence-electron chi connectivity index (χ1n) is 6.21. The van der Waals surface area contributed by atoms with Gasteiger partial charge in [-0.2, -0.15) is 0 Å².